The average Bonchev–Trinajstić information content (AvgIpc) is 2.47. The van der Waals surface area contributed by atoms with E-state index in [0.29, 0.717) is 0 Å². The van der Waals surface area contributed by atoms with Gasteiger partial charge in [-0.15, -0.1) is 11.3 Å². The summed E-state index contributed by atoms with van der Waals surface area (Å²) < 4.78 is 1.48. The zero-order chi connectivity index (χ0) is 9.42. The number of aryl methyl sites for hydroxylation is 3. The van der Waals surface area contributed by atoms with Crippen LogP contribution in [0.1, 0.15) is 23.6 Å². The van der Waals surface area contributed by atoms with Crippen LogP contribution in [0.25, 0.3) is 10.1 Å². The summed E-state index contributed by atoms with van der Waals surface area (Å²) in [5.74, 6) is 0. The smallest absolute Gasteiger partial charge is 0.0377 e. The van der Waals surface area contributed by atoms with Gasteiger partial charge in [-0.25, -0.2) is 0 Å². The summed E-state index contributed by atoms with van der Waals surface area (Å²) >= 11 is 1.87. The Morgan fingerprint density at radius 1 is 1.23 bits per heavy atom. The summed E-state index contributed by atoms with van der Waals surface area (Å²) in [6, 6.07) is 4.60. The lowest BCUT2D eigenvalue weighted by molar-refractivity contribution is 1.16. The summed E-state index contributed by atoms with van der Waals surface area (Å²) in [7, 11) is 0. The van der Waals surface area contributed by atoms with Crippen LogP contribution >= 0.6 is 11.3 Å². The molecule has 1 aromatic heterocycles. The number of hydrogen-bond acceptors (Lipinski definition) is 1. The van der Waals surface area contributed by atoms with Crippen molar-refractivity contribution in [3.05, 3.63) is 34.2 Å². The van der Waals surface area contributed by atoms with E-state index in [0.717, 1.165) is 6.42 Å². The van der Waals surface area contributed by atoms with Crippen LogP contribution in [0.3, 0.4) is 0 Å². The molecule has 0 bridgehead atoms. The summed E-state index contributed by atoms with van der Waals surface area (Å²) in [5, 5.41) is 3.70. The van der Waals surface area contributed by atoms with Gasteiger partial charge in [-0.1, -0.05) is 24.6 Å². The molecular weight excluding hydrogens is 176 g/mol. The zero-order valence-corrected chi connectivity index (χ0v) is 9.16. The predicted molar refractivity (Wildman–Crippen MR) is 60.7 cm³/mol. The first kappa shape index (κ1) is 8.76. The second-order valence-electron chi connectivity index (χ2n) is 3.57. The van der Waals surface area contributed by atoms with Crippen molar-refractivity contribution in [1.82, 2.24) is 0 Å². The summed E-state index contributed by atoms with van der Waals surface area (Å²) in [4.78, 5) is 0. The van der Waals surface area contributed by atoms with Gasteiger partial charge in [0.1, 0.15) is 0 Å². The molecule has 0 fully saturated rings. The summed E-state index contributed by atoms with van der Waals surface area (Å²) in [6.45, 7) is 6.59. The maximum atomic E-state index is 2.30. The van der Waals surface area contributed by atoms with Gasteiger partial charge < -0.3 is 0 Å². The topological polar surface area (TPSA) is 0 Å². The molecule has 0 spiro atoms. The van der Waals surface area contributed by atoms with Crippen molar-refractivity contribution in [2.75, 3.05) is 0 Å². The molecule has 0 aliphatic rings. The Morgan fingerprint density at radius 2 is 2.00 bits per heavy atom. The molecule has 13 heavy (non-hydrogen) atoms. The molecule has 0 saturated heterocycles. The highest BCUT2D eigenvalue weighted by molar-refractivity contribution is 7.17. The number of hydrogen-bond donors (Lipinski definition) is 0. The van der Waals surface area contributed by atoms with Crippen LogP contribution in [-0.4, -0.2) is 0 Å². The van der Waals surface area contributed by atoms with Crippen LogP contribution in [0.2, 0.25) is 0 Å². The maximum Gasteiger partial charge on any atom is 0.0377 e. The SMILES string of the molecule is CCc1cc(C)cc2c(C)csc12. The van der Waals surface area contributed by atoms with Gasteiger partial charge >= 0.3 is 0 Å². The lowest BCUT2D eigenvalue weighted by atomic mass is 10.0. The molecule has 0 radical (unpaired) electrons. The van der Waals surface area contributed by atoms with E-state index in [1.54, 1.807) is 0 Å². The molecule has 0 unspecified atom stereocenters. The summed E-state index contributed by atoms with van der Waals surface area (Å²) in [5.41, 5.74) is 4.29. The fourth-order valence-corrected chi connectivity index (χ4v) is 2.88. The third kappa shape index (κ3) is 1.37. The molecule has 2 rings (SSSR count). The minimum absolute atomic E-state index is 1.14. The molecule has 0 saturated carbocycles. The van der Waals surface area contributed by atoms with Crippen LogP contribution in [0.4, 0.5) is 0 Å². The van der Waals surface area contributed by atoms with Crippen LogP contribution in [0.15, 0.2) is 17.5 Å². The molecule has 0 amide bonds. The minimum atomic E-state index is 1.14. The Hall–Kier alpha value is -0.820. The van der Waals surface area contributed by atoms with E-state index in [9.17, 15) is 0 Å². The van der Waals surface area contributed by atoms with Gasteiger partial charge in [0.15, 0.2) is 0 Å². The second kappa shape index (κ2) is 3.15. The van der Waals surface area contributed by atoms with E-state index in [1.807, 2.05) is 11.3 Å². The quantitative estimate of drug-likeness (QED) is 0.635. The van der Waals surface area contributed by atoms with Gasteiger partial charge in [0.2, 0.25) is 0 Å². The van der Waals surface area contributed by atoms with E-state index < -0.39 is 0 Å². The average molecular weight is 190 g/mol. The number of rotatable bonds is 1. The van der Waals surface area contributed by atoms with Crippen molar-refractivity contribution in [3.8, 4) is 0 Å². The lowest BCUT2D eigenvalue weighted by Crippen LogP contribution is -1.82. The van der Waals surface area contributed by atoms with Gasteiger partial charge in [0.25, 0.3) is 0 Å². The molecule has 68 valence electrons. The van der Waals surface area contributed by atoms with Crippen molar-refractivity contribution in [1.29, 1.82) is 0 Å². The molecule has 2 aromatic rings. The van der Waals surface area contributed by atoms with E-state index in [1.165, 1.54) is 26.8 Å². The van der Waals surface area contributed by atoms with Crippen molar-refractivity contribution < 1.29 is 0 Å². The van der Waals surface area contributed by atoms with Gasteiger partial charge in [0.05, 0.1) is 0 Å². The van der Waals surface area contributed by atoms with Gasteiger partial charge in [-0.2, -0.15) is 0 Å². The molecule has 0 aliphatic carbocycles. The Kier molecular flexibility index (Phi) is 2.12. The predicted octanol–water partition coefficient (Wildman–Crippen LogP) is 4.08. The first-order chi connectivity index (χ1) is 6.22. The number of benzene rings is 1. The molecule has 1 aromatic carbocycles. The Balaban J connectivity index is 2.84. The third-order valence-electron chi connectivity index (χ3n) is 2.47. The Morgan fingerprint density at radius 3 is 2.69 bits per heavy atom. The van der Waals surface area contributed by atoms with E-state index >= 15 is 0 Å². The van der Waals surface area contributed by atoms with Gasteiger partial charge in [-0.3, -0.25) is 0 Å². The largest absolute Gasteiger partial charge is 0.143 e. The third-order valence-corrected chi connectivity index (χ3v) is 3.66. The molecule has 0 aliphatic heterocycles. The Labute approximate surface area is 83.2 Å². The maximum absolute atomic E-state index is 2.30. The summed E-state index contributed by atoms with van der Waals surface area (Å²) in [6.07, 6.45) is 1.14. The normalized spacial score (nSPS) is 11.0. The van der Waals surface area contributed by atoms with E-state index in [4.69, 9.17) is 0 Å². The van der Waals surface area contributed by atoms with E-state index in [2.05, 4.69) is 38.3 Å². The molecule has 0 atom stereocenters. The molecular formula is C12H14S. The van der Waals surface area contributed by atoms with Crippen molar-refractivity contribution >= 4 is 21.4 Å². The molecule has 0 N–H and O–H groups in total. The van der Waals surface area contributed by atoms with Gasteiger partial charge in [-0.05, 0) is 42.2 Å². The lowest BCUT2D eigenvalue weighted by Gasteiger charge is -2.02. The highest BCUT2D eigenvalue weighted by atomic mass is 32.1. The van der Waals surface area contributed by atoms with Crippen molar-refractivity contribution in [3.63, 3.8) is 0 Å². The first-order valence-corrected chi connectivity index (χ1v) is 5.57. The highest BCUT2D eigenvalue weighted by Crippen LogP contribution is 2.30. The van der Waals surface area contributed by atoms with Crippen molar-refractivity contribution in [2.45, 2.75) is 27.2 Å². The Bertz CT molecular complexity index is 438. The monoisotopic (exact) mass is 190 g/mol. The van der Waals surface area contributed by atoms with E-state index in [-0.39, 0.29) is 0 Å². The molecule has 1 heteroatoms. The molecule has 0 nitrogen and oxygen atoms in total. The molecule has 1 heterocycles. The highest BCUT2D eigenvalue weighted by Gasteiger charge is 2.04. The van der Waals surface area contributed by atoms with Crippen LogP contribution in [0.5, 0.6) is 0 Å². The fraction of sp³-hybridized carbons (Fsp3) is 0.333. The number of fused-ring (bicyclic) bond motifs is 1. The van der Waals surface area contributed by atoms with Crippen LogP contribution in [-0.2, 0) is 6.42 Å². The van der Waals surface area contributed by atoms with Gasteiger partial charge in [0, 0.05) is 4.70 Å². The standard InChI is InChI=1S/C12H14S/c1-4-10-5-8(2)6-11-9(3)7-13-12(10)11/h5-7H,4H2,1-3H3. The van der Waals surface area contributed by atoms with Crippen molar-refractivity contribution in [2.24, 2.45) is 0 Å². The second-order valence-corrected chi connectivity index (χ2v) is 4.45. The number of thiophene rings is 1. The first-order valence-electron chi connectivity index (χ1n) is 4.69. The zero-order valence-electron chi connectivity index (χ0n) is 8.35. The van der Waals surface area contributed by atoms with Crippen LogP contribution in [0, 0.1) is 13.8 Å². The van der Waals surface area contributed by atoms with Crippen LogP contribution < -0.4 is 0 Å². The fourth-order valence-electron chi connectivity index (χ4n) is 1.75. The minimum Gasteiger partial charge on any atom is -0.143 e.